The molecule has 1 heterocycles. The van der Waals surface area contributed by atoms with E-state index in [2.05, 4.69) is 10.3 Å². The minimum Gasteiger partial charge on any atom is -0.376 e. The molecule has 1 aromatic heterocycles. The van der Waals surface area contributed by atoms with Crippen LogP contribution in [0.5, 0.6) is 0 Å². The van der Waals surface area contributed by atoms with E-state index in [4.69, 9.17) is 23.2 Å². The molecule has 4 heteroatoms. The maximum atomic E-state index is 6.09. The Hall–Kier alpha value is -1.25. The van der Waals surface area contributed by atoms with Gasteiger partial charge in [-0.25, -0.2) is 0 Å². The fraction of sp³-hybridized carbons (Fsp3) is 0.154. The van der Waals surface area contributed by atoms with Crippen molar-refractivity contribution in [2.75, 3.05) is 5.32 Å². The Morgan fingerprint density at radius 3 is 2.65 bits per heavy atom. The molecule has 1 unspecified atom stereocenters. The zero-order valence-corrected chi connectivity index (χ0v) is 10.8. The largest absolute Gasteiger partial charge is 0.376 e. The van der Waals surface area contributed by atoms with E-state index in [9.17, 15) is 0 Å². The summed E-state index contributed by atoms with van der Waals surface area (Å²) in [5.41, 5.74) is 1.83. The van der Waals surface area contributed by atoms with Gasteiger partial charge in [-0.15, -0.1) is 0 Å². The molecule has 1 N–H and O–H groups in total. The van der Waals surface area contributed by atoms with Crippen molar-refractivity contribution in [2.45, 2.75) is 13.0 Å². The highest BCUT2D eigenvalue weighted by Gasteiger charge is 2.08. The lowest BCUT2D eigenvalue weighted by atomic mass is 10.2. The number of anilines is 1. The number of halogens is 2. The van der Waals surface area contributed by atoms with Gasteiger partial charge in [-0.1, -0.05) is 29.3 Å². The summed E-state index contributed by atoms with van der Waals surface area (Å²) < 4.78 is 0. The van der Waals surface area contributed by atoms with Crippen LogP contribution in [0.1, 0.15) is 18.7 Å². The highest BCUT2D eigenvalue weighted by Crippen LogP contribution is 2.28. The Kier molecular flexibility index (Phi) is 3.87. The van der Waals surface area contributed by atoms with Gasteiger partial charge in [0.15, 0.2) is 0 Å². The summed E-state index contributed by atoms with van der Waals surface area (Å²) in [5, 5.41) is 4.54. The van der Waals surface area contributed by atoms with E-state index < -0.39 is 0 Å². The average Bonchev–Trinajstić information content (AvgIpc) is 2.34. The van der Waals surface area contributed by atoms with Gasteiger partial charge in [0.1, 0.15) is 0 Å². The smallest absolute Gasteiger partial charge is 0.0657 e. The predicted molar refractivity (Wildman–Crippen MR) is 72.7 cm³/mol. The Bertz CT molecular complexity index is 500. The van der Waals surface area contributed by atoms with Crippen LogP contribution in [0.15, 0.2) is 42.6 Å². The summed E-state index contributed by atoms with van der Waals surface area (Å²) in [5.74, 6) is 0. The second kappa shape index (κ2) is 5.39. The van der Waals surface area contributed by atoms with Crippen molar-refractivity contribution >= 4 is 28.9 Å². The molecule has 0 aliphatic heterocycles. The number of nitrogens with zero attached hydrogens (tertiary/aromatic N) is 1. The zero-order chi connectivity index (χ0) is 12.3. The third-order valence-corrected chi connectivity index (χ3v) is 2.98. The molecule has 0 spiro atoms. The molecule has 17 heavy (non-hydrogen) atoms. The number of aromatic nitrogens is 1. The Labute approximate surface area is 111 Å². The first-order valence-corrected chi connectivity index (χ1v) is 6.05. The topological polar surface area (TPSA) is 24.9 Å². The van der Waals surface area contributed by atoms with E-state index in [0.717, 1.165) is 11.4 Å². The second-order valence-corrected chi connectivity index (χ2v) is 4.59. The Balaban J connectivity index is 2.16. The monoisotopic (exact) mass is 266 g/mol. The third-order valence-electron chi connectivity index (χ3n) is 2.43. The SMILES string of the molecule is CC(Nc1ccc(Cl)cc1Cl)c1ccccn1. The molecular formula is C13H12Cl2N2. The van der Waals surface area contributed by atoms with Gasteiger partial charge >= 0.3 is 0 Å². The number of rotatable bonds is 3. The lowest BCUT2D eigenvalue weighted by Crippen LogP contribution is -2.08. The third kappa shape index (κ3) is 3.11. The van der Waals surface area contributed by atoms with Crippen LogP contribution in [-0.4, -0.2) is 4.98 Å². The minimum atomic E-state index is 0.0925. The Morgan fingerprint density at radius 1 is 1.18 bits per heavy atom. The molecule has 0 bridgehead atoms. The molecule has 2 aromatic rings. The van der Waals surface area contributed by atoms with E-state index in [1.165, 1.54) is 0 Å². The van der Waals surface area contributed by atoms with E-state index >= 15 is 0 Å². The molecule has 1 atom stereocenters. The van der Waals surface area contributed by atoms with Crippen LogP contribution in [0.3, 0.4) is 0 Å². The van der Waals surface area contributed by atoms with Gasteiger partial charge < -0.3 is 5.32 Å². The maximum absolute atomic E-state index is 6.09. The summed E-state index contributed by atoms with van der Waals surface area (Å²) in [4.78, 5) is 4.29. The van der Waals surface area contributed by atoms with Crippen LogP contribution >= 0.6 is 23.2 Å². The quantitative estimate of drug-likeness (QED) is 0.881. The summed E-state index contributed by atoms with van der Waals surface area (Å²) in [7, 11) is 0. The molecule has 0 aliphatic carbocycles. The highest BCUT2D eigenvalue weighted by molar-refractivity contribution is 6.36. The van der Waals surface area contributed by atoms with Gasteiger partial charge in [-0.2, -0.15) is 0 Å². The standard InChI is InChI=1S/C13H12Cl2N2/c1-9(12-4-2-3-7-16-12)17-13-6-5-10(14)8-11(13)15/h2-9,17H,1H3. The van der Waals surface area contributed by atoms with Crippen molar-refractivity contribution in [3.8, 4) is 0 Å². The highest BCUT2D eigenvalue weighted by atomic mass is 35.5. The molecule has 1 aromatic carbocycles. The van der Waals surface area contributed by atoms with Gasteiger partial charge in [0, 0.05) is 11.2 Å². The van der Waals surface area contributed by atoms with E-state index in [1.807, 2.05) is 31.2 Å². The first-order chi connectivity index (χ1) is 8.16. The molecule has 88 valence electrons. The fourth-order valence-corrected chi connectivity index (χ4v) is 2.01. The molecule has 0 saturated carbocycles. The molecule has 0 amide bonds. The molecule has 0 fully saturated rings. The summed E-state index contributed by atoms with van der Waals surface area (Å²) in [6, 6.07) is 11.3. The number of hydrogen-bond donors (Lipinski definition) is 1. The van der Waals surface area contributed by atoms with Gasteiger partial charge in [0.05, 0.1) is 22.4 Å². The lowest BCUT2D eigenvalue weighted by molar-refractivity contribution is 0.839. The van der Waals surface area contributed by atoms with Crippen molar-refractivity contribution in [1.82, 2.24) is 4.98 Å². The second-order valence-electron chi connectivity index (χ2n) is 3.74. The van der Waals surface area contributed by atoms with E-state index in [1.54, 1.807) is 18.3 Å². The van der Waals surface area contributed by atoms with Crippen LogP contribution < -0.4 is 5.32 Å². The lowest BCUT2D eigenvalue weighted by Gasteiger charge is -2.15. The molecule has 0 aliphatic rings. The minimum absolute atomic E-state index is 0.0925. The van der Waals surface area contributed by atoms with Crippen LogP contribution in [0.4, 0.5) is 5.69 Å². The number of pyridine rings is 1. The van der Waals surface area contributed by atoms with E-state index in [0.29, 0.717) is 10.0 Å². The van der Waals surface area contributed by atoms with Crippen molar-refractivity contribution in [3.05, 3.63) is 58.3 Å². The number of nitrogens with one attached hydrogen (secondary N) is 1. The summed E-state index contributed by atoms with van der Waals surface area (Å²) >= 11 is 11.9. The molecule has 2 rings (SSSR count). The van der Waals surface area contributed by atoms with Crippen LogP contribution in [0.2, 0.25) is 10.0 Å². The number of benzene rings is 1. The molecule has 2 nitrogen and oxygen atoms in total. The fourth-order valence-electron chi connectivity index (χ4n) is 1.55. The van der Waals surface area contributed by atoms with Crippen molar-refractivity contribution in [3.63, 3.8) is 0 Å². The molecule has 0 saturated heterocycles. The van der Waals surface area contributed by atoms with Crippen LogP contribution in [0.25, 0.3) is 0 Å². The van der Waals surface area contributed by atoms with Gasteiger partial charge in [0.25, 0.3) is 0 Å². The molecular weight excluding hydrogens is 255 g/mol. The zero-order valence-electron chi connectivity index (χ0n) is 9.32. The summed E-state index contributed by atoms with van der Waals surface area (Å²) in [6.45, 7) is 2.03. The number of hydrogen-bond acceptors (Lipinski definition) is 2. The first kappa shape index (κ1) is 12.2. The average molecular weight is 267 g/mol. The van der Waals surface area contributed by atoms with E-state index in [-0.39, 0.29) is 6.04 Å². The normalized spacial score (nSPS) is 12.2. The molecule has 0 radical (unpaired) electrons. The van der Waals surface area contributed by atoms with Gasteiger partial charge in [-0.05, 0) is 37.3 Å². The maximum Gasteiger partial charge on any atom is 0.0657 e. The van der Waals surface area contributed by atoms with Crippen molar-refractivity contribution in [1.29, 1.82) is 0 Å². The summed E-state index contributed by atoms with van der Waals surface area (Å²) in [6.07, 6.45) is 1.77. The Morgan fingerprint density at radius 2 is 2.00 bits per heavy atom. The van der Waals surface area contributed by atoms with Crippen molar-refractivity contribution in [2.24, 2.45) is 0 Å². The van der Waals surface area contributed by atoms with Crippen LogP contribution in [-0.2, 0) is 0 Å². The first-order valence-electron chi connectivity index (χ1n) is 5.29. The van der Waals surface area contributed by atoms with Gasteiger partial charge in [0.2, 0.25) is 0 Å². The van der Waals surface area contributed by atoms with Crippen LogP contribution in [0, 0.1) is 0 Å². The predicted octanol–water partition coefficient (Wildman–Crippen LogP) is 4.56. The van der Waals surface area contributed by atoms with Gasteiger partial charge in [-0.3, -0.25) is 4.98 Å². The van der Waals surface area contributed by atoms with Crippen molar-refractivity contribution < 1.29 is 0 Å².